The molecule has 3 nitrogen and oxygen atoms in total. The first-order valence-electron chi connectivity index (χ1n) is 6.66. The number of carbonyl (C=O) groups is 1. The first-order valence-corrected chi connectivity index (χ1v) is 7.64. The van der Waals surface area contributed by atoms with Crippen molar-refractivity contribution in [1.29, 1.82) is 0 Å². The molecule has 2 aromatic rings. The fourth-order valence-corrected chi connectivity index (χ4v) is 3.07. The highest BCUT2D eigenvalue weighted by Gasteiger charge is 2.16. The minimum absolute atomic E-state index is 0.0235. The summed E-state index contributed by atoms with van der Waals surface area (Å²) in [5, 5.41) is 9.28. The van der Waals surface area contributed by atoms with Crippen LogP contribution in [0.25, 0.3) is 5.57 Å². The molecule has 0 atom stereocenters. The third-order valence-corrected chi connectivity index (χ3v) is 4.18. The van der Waals surface area contributed by atoms with Crippen molar-refractivity contribution in [2.45, 2.75) is 10.6 Å². The lowest BCUT2D eigenvalue weighted by molar-refractivity contribution is -0.130. The van der Waals surface area contributed by atoms with E-state index in [-0.39, 0.29) is 16.9 Å². The van der Waals surface area contributed by atoms with Gasteiger partial charge in [-0.3, -0.25) is 0 Å². The summed E-state index contributed by atoms with van der Waals surface area (Å²) in [5.74, 6) is -2.34. The number of benzene rings is 2. The quantitative estimate of drug-likeness (QED) is 0.484. The second kappa shape index (κ2) is 7.78. The van der Waals surface area contributed by atoms with Gasteiger partial charge in [-0.05, 0) is 18.2 Å². The molecule has 0 radical (unpaired) electrons. The Morgan fingerprint density at radius 3 is 2.43 bits per heavy atom. The molecule has 0 aliphatic carbocycles. The third-order valence-electron chi connectivity index (χ3n) is 3.08. The molecule has 0 heterocycles. The van der Waals surface area contributed by atoms with E-state index in [4.69, 9.17) is 4.74 Å². The summed E-state index contributed by atoms with van der Waals surface area (Å²) in [6, 6.07) is 10.4. The topological polar surface area (TPSA) is 46.5 Å². The standard InChI is InChI=1S/C17H14F2O3S/c1-22-9-12(17(20)21)11-5-2-3-8-16(11)23-10-13-14(18)6-4-7-15(13)19/h2-9H,10H2,1H3,(H,20,21)/b12-9+. The van der Waals surface area contributed by atoms with Crippen LogP contribution < -0.4 is 0 Å². The van der Waals surface area contributed by atoms with Crippen molar-refractivity contribution in [2.24, 2.45) is 0 Å². The molecule has 0 saturated carbocycles. The maximum absolute atomic E-state index is 13.7. The van der Waals surface area contributed by atoms with Gasteiger partial charge in [-0.2, -0.15) is 0 Å². The van der Waals surface area contributed by atoms with Crippen LogP contribution in [0.1, 0.15) is 11.1 Å². The number of hydrogen-bond acceptors (Lipinski definition) is 3. The lowest BCUT2D eigenvalue weighted by atomic mass is 10.1. The van der Waals surface area contributed by atoms with Crippen molar-refractivity contribution in [3.8, 4) is 0 Å². The zero-order valence-electron chi connectivity index (χ0n) is 12.3. The van der Waals surface area contributed by atoms with Gasteiger partial charge in [-0.15, -0.1) is 11.8 Å². The number of ether oxygens (including phenoxy) is 1. The van der Waals surface area contributed by atoms with Crippen molar-refractivity contribution in [1.82, 2.24) is 0 Å². The average Bonchev–Trinajstić information content (AvgIpc) is 2.52. The van der Waals surface area contributed by atoms with E-state index in [9.17, 15) is 18.7 Å². The van der Waals surface area contributed by atoms with Crippen LogP contribution in [-0.4, -0.2) is 18.2 Å². The number of aliphatic carboxylic acids is 1. The van der Waals surface area contributed by atoms with Gasteiger partial charge >= 0.3 is 5.97 Å². The highest BCUT2D eigenvalue weighted by molar-refractivity contribution is 7.98. The summed E-state index contributed by atoms with van der Waals surface area (Å²) in [6.45, 7) is 0. The van der Waals surface area contributed by atoms with Crippen LogP contribution in [0.5, 0.6) is 0 Å². The van der Waals surface area contributed by atoms with Crippen LogP contribution in [0, 0.1) is 11.6 Å². The van der Waals surface area contributed by atoms with E-state index < -0.39 is 17.6 Å². The first-order chi connectivity index (χ1) is 11.0. The molecule has 0 aliphatic rings. The van der Waals surface area contributed by atoms with Crippen LogP contribution in [0.2, 0.25) is 0 Å². The van der Waals surface area contributed by atoms with Gasteiger partial charge in [0.15, 0.2) is 0 Å². The van der Waals surface area contributed by atoms with Gasteiger partial charge in [0.1, 0.15) is 17.2 Å². The molecular weight excluding hydrogens is 322 g/mol. The van der Waals surface area contributed by atoms with E-state index in [0.717, 1.165) is 18.0 Å². The Balaban J connectivity index is 2.31. The van der Waals surface area contributed by atoms with Gasteiger partial charge in [0.25, 0.3) is 0 Å². The van der Waals surface area contributed by atoms with Crippen molar-refractivity contribution in [3.05, 3.63) is 71.5 Å². The van der Waals surface area contributed by atoms with E-state index in [1.807, 2.05) is 0 Å². The average molecular weight is 336 g/mol. The number of halogens is 2. The van der Waals surface area contributed by atoms with E-state index in [1.165, 1.54) is 25.3 Å². The van der Waals surface area contributed by atoms with E-state index >= 15 is 0 Å². The first kappa shape index (κ1) is 17.0. The molecule has 0 spiro atoms. The minimum Gasteiger partial charge on any atom is -0.503 e. The zero-order valence-corrected chi connectivity index (χ0v) is 13.1. The normalized spacial score (nSPS) is 11.3. The number of methoxy groups -OCH3 is 1. The summed E-state index contributed by atoms with van der Waals surface area (Å²) < 4.78 is 32.2. The Morgan fingerprint density at radius 1 is 1.17 bits per heavy atom. The third kappa shape index (κ3) is 4.10. The van der Waals surface area contributed by atoms with E-state index in [0.29, 0.717) is 10.5 Å². The molecule has 2 aromatic carbocycles. The molecule has 0 fully saturated rings. The Kier molecular flexibility index (Phi) is 5.76. The van der Waals surface area contributed by atoms with Crippen LogP contribution in [0.3, 0.4) is 0 Å². The molecule has 0 unspecified atom stereocenters. The lowest BCUT2D eigenvalue weighted by Crippen LogP contribution is -2.02. The number of carboxylic acid groups (broad SMARTS) is 1. The molecule has 0 aliphatic heterocycles. The molecule has 0 amide bonds. The maximum atomic E-state index is 13.7. The van der Waals surface area contributed by atoms with Crippen molar-refractivity contribution >= 4 is 23.3 Å². The smallest absolute Gasteiger partial charge is 0.339 e. The highest BCUT2D eigenvalue weighted by atomic mass is 32.2. The van der Waals surface area contributed by atoms with Gasteiger partial charge in [0, 0.05) is 21.8 Å². The lowest BCUT2D eigenvalue weighted by Gasteiger charge is -2.10. The van der Waals surface area contributed by atoms with Crippen LogP contribution in [0.4, 0.5) is 8.78 Å². The van der Waals surface area contributed by atoms with Gasteiger partial charge in [-0.25, -0.2) is 13.6 Å². The SMILES string of the molecule is CO/C=C(/C(=O)O)c1ccccc1SCc1c(F)cccc1F. The molecule has 1 N–H and O–H groups in total. The predicted molar refractivity (Wildman–Crippen MR) is 85.0 cm³/mol. The molecule has 120 valence electrons. The monoisotopic (exact) mass is 336 g/mol. The van der Waals surface area contributed by atoms with E-state index in [2.05, 4.69) is 0 Å². The summed E-state index contributed by atoms with van der Waals surface area (Å²) in [5.41, 5.74) is 0.369. The van der Waals surface area contributed by atoms with Crippen molar-refractivity contribution in [2.75, 3.05) is 7.11 Å². The Morgan fingerprint density at radius 2 is 1.83 bits per heavy atom. The number of hydrogen-bond donors (Lipinski definition) is 1. The second-order valence-corrected chi connectivity index (χ2v) is 5.57. The van der Waals surface area contributed by atoms with E-state index in [1.54, 1.807) is 24.3 Å². The minimum atomic E-state index is -1.14. The molecule has 6 heteroatoms. The fraction of sp³-hybridized carbons (Fsp3) is 0.118. The van der Waals surface area contributed by atoms with Crippen molar-refractivity contribution in [3.63, 3.8) is 0 Å². The summed E-state index contributed by atoms with van der Waals surface area (Å²) in [6.07, 6.45) is 1.13. The van der Waals surface area contributed by atoms with Crippen LogP contribution in [0.15, 0.2) is 53.6 Å². The van der Waals surface area contributed by atoms with Gasteiger partial charge in [0.05, 0.1) is 13.4 Å². The zero-order chi connectivity index (χ0) is 16.8. The fourth-order valence-electron chi connectivity index (χ4n) is 1.98. The van der Waals surface area contributed by atoms with Crippen molar-refractivity contribution < 1.29 is 23.4 Å². The molecular formula is C17H14F2O3S. The Labute approximate surface area is 136 Å². The molecule has 0 saturated heterocycles. The number of thioether (sulfide) groups is 1. The van der Waals surface area contributed by atoms with Crippen LogP contribution >= 0.6 is 11.8 Å². The van der Waals surface area contributed by atoms with Crippen LogP contribution in [-0.2, 0) is 15.3 Å². The molecule has 2 rings (SSSR count). The molecule has 0 bridgehead atoms. The number of carboxylic acids is 1. The predicted octanol–water partition coefficient (Wildman–Crippen LogP) is 4.33. The van der Waals surface area contributed by atoms with Gasteiger partial charge in [0.2, 0.25) is 0 Å². The second-order valence-electron chi connectivity index (χ2n) is 4.56. The van der Waals surface area contributed by atoms with Gasteiger partial charge < -0.3 is 9.84 Å². The highest BCUT2D eigenvalue weighted by Crippen LogP contribution is 2.32. The molecule has 0 aromatic heterocycles. The summed E-state index contributed by atoms with van der Waals surface area (Å²) in [7, 11) is 1.35. The number of rotatable bonds is 6. The Bertz CT molecular complexity index is 724. The largest absolute Gasteiger partial charge is 0.503 e. The Hall–Kier alpha value is -2.34. The summed E-state index contributed by atoms with van der Waals surface area (Å²) in [4.78, 5) is 11.9. The molecule has 23 heavy (non-hydrogen) atoms. The van der Waals surface area contributed by atoms with Gasteiger partial charge in [-0.1, -0.05) is 24.3 Å². The maximum Gasteiger partial charge on any atom is 0.339 e. The summed E-state index contributed by atoms with van der Waals surface area (Å²) >= 11 is 1.16.